The van der Waals surface area contributed by atoms with Crippen molar-refractivity contribution in [1.29, 1.82) is 0 Å². The number of rotatable bonds is 2. The Balaban J connectivity index is 2.78. The van der Waals surface area contributed by atoms with Crippen molar-refractivity contribution in [1.82, 2.24) is 0 Å². The van der Waals surface area contributed by atoms with E-state index in [1.807, 2.05) is 13.8 Å². The molecule has 4 atom stereocenters. The van der Waals surface area contributed by atoms with Gasteiger partial charge in [0.1, 0.15) is 5.67 Å². The van der Waals surface area contributed by atoms with Gasteiger partial charge in [-0.05, 0) is 31.6 Å². The van der Waals surface area contributed by atoms with Crippen molar-refractivity contribution in [3.63, 3.8) is 0 Å². The van der Waals surface area contributed by atoms with Gasteiger partial charge in [-0.3, -0.25) is 0 Å². The van der Waals surface area contributed by atoms with Crippen LogP contribution >= 0.6 is 0 Å². The molecule has 0 aromatic rings. The SMILES string of the molecule is COC1C(C(C)C)CCC(C)(F)C1F. The van der Waals surface area contributed by atoms with E-state index in [2.05, 4.69) is 0 Å². The predicted octanol–water partition coefficient (Wildman–Crippen LogP) is 3.13. The molecule has 1 rings (SSSR count). The number of alkyl halides is 2. The van der Waals surface area contributed by atoms with Gasteiger partial charge in [-0.2, -0.15) is 0 Å². The first-order chi connectivity index (χ1) is 6.40. The monoisotopic (exact) mass is 206 g/mol. The molecule has 1 aliphatic carbocycles. The van der Waals surface area contributed by atoms with Crippen LogP contribution in [0.1, 0.15) is 33.6 Å². The van der Waals surface area contributed by atoms with E-state index in [-0.39, 0.29) is 5.92 Å². The summed E-state index contributed by atoms with van der Waals surface area (Å²) in [5, 5.41) is 0. The summed E-state index contributed by atoms with van der Waals surface area (Å²) in [6.45, 7) is 5.40. The van der Waals surface area contributed by atoms with Crippen LogP contribution in [0.5, 0.6) is 0 Å². The largest absolute Gasteiger partial charge is 0.378 e. The van der Waals surface area contributed by atoms with Gasteiger partial charge in [-0.1, -0.05) is 13.8 Å². The second-order valence-electron chi connectivity index (χ2n) is 4.83. The average Bonchev–Trinajstić information content (AvgIpc) is 2.09. The first-order valence-electron chi connectivity index (χ1n) is 5.26. The van der Waals surface area contributed by atoms with E-state index in [4.69, 9.17) is 4.74 Å². The Morgan fingerprint density at radius 1 is 1.43 bits per heavy atom. The molecule has 3 heteroatoms. The van der Waals surface area contributed by atoms with Crippen LogP contribution in [0.4, 0.5) is 8.78 Å². The van der Waals surface area contributed by atoms with Crippen molar-refractivity contribution in [3.05, 3.63) is 0 Å². The molecule has 0 N–H and O–H groups in total. The fourth-order valence-electron chi connectivity index (χ4n) is 2.32. The molecule has 0 heterocycles. The maximum atomic E-state index is 13.7. The van der Waals surface area contributed by atoms with Gasteiger partial charge in [0.05, 0.1) is 6.10 Å². The molecule has 1 nitrogen and oxygen atoms in total. The highest BCUT2D eigenvalue weighted by molar-refractivity contribution is 4.97. The number of methoxy groups -OCH3 is 1. The normalized spacial score (nSPS) is 44.4. The number of ether oxygens (including phenoxy) is 1. The maximum Gasteiger partial charge on any atom is 0.160 e. The molecule has 0 spiro atoms. The summed E-state index contributed by atoms with van der Waals surface area (Å²) in [5.74, 6) is 0.480. The lowest BCUT2D eigenvalue weighted by Gasteiger charge is -2.42. The summed E-state index contributed by atoms with van der Waals surface area (Å²) < 4.78 is 32.5. The Bertz CT molecular complexity index is 190. The molecule has 0 aliphatic heterocycles. The molecular formula is C11H20F2O. The summed E-state index contributed by atoms with van der Waals surface area (Å²) in [6, 6.07) is 0. The molecule has 0 radical (unpaired) electrons. The van der Waals surface area contributed by atoms with Gasteiger partial charge < -0.3 is 4.74 Å². The molecule has 4 unspecified atom stereocenters. The zero-order valence-corrected chi connectivity index (χ0v) is 9.39. The third-order valence-electron chi connectivity index (χ3n) is 3.38. The van der Waals surface area contributed by atoms with E-state index in [9.17, 15) is 8.78 Å². The topological polar surface area (TPSA) is 9.23 Å². The highest BCUT2D eigenvalue weighted by Gasteiger charge is 2.48. The van der Waals surface area contributed by atoms with Crippen LogP contribution in [-0.4, -0.2) is 25.1 Å². The highest BCUT2D eigenvalue weighted by Crippen LogP contribution is 2.41. The molecule has 0 saturated heterocycles. The van der Waals surface area contributed by atoms with Crippen molar-refractivity contribution in [2.45, 2.75) is 51.6 Å². The Kier molecular flexibility index (Phi) is 3.51. The van der Waals surface area contributed by atoms with Gasteiger partial charge in [0.2, 0.25) is 0 Å². The van der Waals surface area contributed by atoms with Crippen LogP contribution in [0.3, 0.4) is 0 Å². The lowest BCUT2D eigenvalue weighted by Crippen LogP contribution is -2.51. The van der Waals surface area contributed by atoms with Gasteiger partial charge in [-0.15, -0.1) is 0 Å². The summed E-state index contributed by atoms with van der Waals surface area (Å²) in [5.41, 5.74) is -1.72. The zero-order valence-electron chi connectivity index (χ0n) is 9.39. The number of halogens is 2. The van der Waals surface area contributed by atoms with Crippen molar-refractivity contribution in [3.8, 4) is 0 Å². The lowest BCUT2D eigenvalue weighted by molar-refractivity contribution is -0.114. The smallest absolute Gasteiger partial charge is 0.160 e. The average molecular weight is 206 g/mol. The minimum absolute atomic E-state index is 0.138. The predicted molar refractivity (Wildman–Crippen MR) is 52.8 cm³/mol. The minimum Gasteiger partial charge on any atom is -0.378 e. The minimum atomic E-state index is -1.72. The molecule has 14 heavy (non-hydrogen) atoms. The molecule has 1 fully saturated rings. The van der Waals surface area contributed by atoms with Crippen molar-refractivity contribution in [2.24, 2.45) is 11.8 Å². The van der Waals surface area contributed by atoms with Crippen molar-refractivity contribution in [2.75, 3.05) is 7.11 Å². The Morgan fingerprint density at radius 3 is 2.43 bits per heavy atom. The zero-order chi connectivity index (χ0) is 10.9. The third kappa shape index (κ3) is 2.08. The molecule has 0 aromatic heterocycles. The van der Waals surface area contributed by atoms with Crippen LogP contribution in [0, 0.1) is 11.8 Å². The molecule has 0 amide bonds. The summed E-state index contributed by atoms with van der Waals surface area (Å²) in [7, 11) is 1.47. The maximum absolute atomic E-state index is 13.7. The van der Waals surface area contributed by atoms with Crippen molar-refractivity contribution < 1.29 is 13.5 Å². The fraction of sp³-hybridized carbons (Fsp3) is 1.00. The molecular weight excluding hydrogens is 186 g/mol. The molecule has 84 valence electrons. The van der Waals surface area contributed by atoms with Gasteiger partial charge in [0.25, 0.3) is 0 Å². The molecule has 0 bridgehead atoms. The highest BCUT2D eigenvalue weighted by atomic mass is 19.2. The van der Waals surface area contributed by atoms with Crippen LogP contribution in [0.25, 0.3) is 0 Å². The van der Waals surface area contributed by atoms with Crippen molar-refractivity contribution >= 4 is 0 Å². The molecule has 1 saturated carbocycles. The first kappa shape index (κ1) is 11.9. The standard InChI is InChI=1S/C11H20F2O/c1-7(2)8-5-6-11(3,13)10(12)9(8)14-4/h7-10H,5-6H2,1-4H3. The van der Waals surface area contributed by atoms with Crippen LogP contribution in [-0.2, 0) is 4.74 Å². The number of hydrogen-bond donors (Lipinski definition) is 0. The van der Waals surface area contributed by atoms with E-state index in [1.165, 1.54) is 14.0 Å². The van der Waals surface area contributed by atoms with Crippen LogP contribution < -0.4 is 0 Å². The van der Waals surface area contributed by atoms with Gasteiger partial charge >= 0.3 is 0 Å². The Morgan fingerprint density at radius 2 is 2.00 bits per heavy atom. The van der Waals surface area contributed by atoms with Gasteiger partial charge in [-0.25, -0.2) is 8.78 Å². The van der Waals surface area contributed by atoms with E-state index in [1.54, 1.807) is 0 Å². The lowest BCUT2D eigenvalue weighted by atomic mass is 9.73. The summed E-state index contributed by atoms with van der Waals surface area (Å²) >= 11 is 0. The molecule has 0 aromatic carbocycles. The first-order valence-corrected chi connectivity index (χ1v) is 5.26. The quantitative estimate of drug-likeness (QED) is 0.674. The second kappa shape index (κ2) is 4.13. The van der Waals surface area contributed by atoms with E-state index < -0.39 is 17.9 Å². The molecule has 1 aliphatic rings. The van der Waals surface area contributed by atoms with E-state index >= 15 is 0 Å². The number of hydrogen-bond acceptors (Lipinski definition) is 1. The van der Waals surface area contributed by atoms with Crippen LogP contribution in [0.2, 0.25) is 0 Å². The van der Waals surface area contributed by atoms with Gasteiger partial charge in [0, 0.05) is 7.11 Å². The van der Waals surface area contributed by atoms with Crippen LogP contribution in [0.15, 0.2) is 0 Å². The summed E-state index contributed by atoms with van der Waals surface area (Å²) in [4.78, 5) is 0. The third-order valence-corrected chi connectivity index (χ3v) is 3.38. The second-order valence-corrected chi connectivity index (χ2v) is 4.83. The van der Waals surface area contributed by atoms with E-state index in [0.717, 1.165) is 0 Å². The summed E-state index contributed by atoms with van der Waals surface area (Å²) in [6.07, 6.45) is -1.06. The Hall–Kier alpha value is -0.180. The van der Waals surface area contributed by atoms with Gasteiger partial charge in [0.15, 0.2) is 6.17 Å². The van der Waals surface area contributed by atoms with E-state index in [0.29, 0.717) is 18.8 Å². The Labute approximate surface area is 84.8 Å². The fourth-order valence-corrected chi connectivity index (χ4v) is 2.32.